The molecule has 0 fully saturated rings. The smallest absolute Gasteiger partial charge is 0.196 e. The normalized spacial score (nSPS) is 22.7. The maximum Gasteiger partial charge on any atom is 0.196 e. The van der Waals surface area contributed by atoms with E-state index in [0.717, 1.165) is 30.1 Å². The first-order chi connectivity index (χ1) is 9.13. The predicted octanol–water partition coefficient (Wildman–Crippen LogP) is 3.81. The highest BCUT2D eigenvalue weighted by atomic mass is 35.5. The van der Waals surface area contributed by atoms with E-state index in [-0.39, 0.29) is 5.54 Å². The molecule has 0 aromatic heterocycles. The molecule has 0 aliphatic carbocycles. The van der Waals surface area contributed by atoms with Crippen molar-refractivity contribution in [3.8, 4) is 0 Å². The standard InChI is InChI=1S/C15H22ClN3/c1-3-5-10-15(4-2)11-18-14(17)19(15)13-8-6-12(16)7-9-13/h6-9H,3-5,10-11H2,1-2H3,(H2,17,18). The molecule has 1 unspecified atom stereocenters. The second-order valence-electron chi connectivity index (χ2n) is 5.17. The van der Waals surface area contributed by atoms with Crippen LogP contribution in [0.4, 0.5) is 5.69 Å². The van der Waals surface area contributed by atoms with Crippen LogP contribution in [0.3, 0.4) is 0 Å². The molecule has 1 atom stereocenters. The lowest BCUT2D eigenvalue weighted by Gasteiger charge is -2.39. The third-order valence-electron chi connectivity index (χ3n) is 3.98. The van der Waals surface area contributed by atoms with Crippen molar-refractivity contribution in [1.29, 1.82) is 0 Å². The van der Waals surface area contributed by atoms with E-state index in [1.807, 2.05) is 24.3 Å². The van der Waals surface area contributed by atoms with E-state index in [2.05, 4.69) is 23.7 Å². The van der Waals surface area contributed by atoms with E-state index in [9.17, 15) is 0 Å². The van der Waals surface area contributed by atoms with Crippen LogP contribution >= 0.6 is 11.6 Å². The summed E-state index contributed by atoms with van der Waals surface area (Å²) in [5.41, 5.74) is 7.23. The summed E-state index contributed by atoms with van der Waals surface area (Å²) in [5.74, 6) is 0.625. The maximum absolute atomic E-state index is 6.11. The Labute approximate surface area is 120 Å². The van der Waals surface area contributed by atoms with Crippen molar-refractivity contribution in [2.24, 2.45) is 10.7 Å². The molecule has 0 saturated carbocycles. The molecule has 1 aromatic rings. The van der Waals surface area contributed by atoms with Gasteiger partial charge in [-0.3, -0.25) is 4.99 Å². The molecule has 0 bridgehead atoms. The third kappa shape index (κ3) is 2.71. The third-order valence-corrected chi connectivity index (χ3v) is 4.23. The number of rotatable bonds is 5. The minimum atomic E-state index is 0.0356. The highest BCUT2D eigenvalue weighted by Gasteiger charge is 2.40. The molecular formula is C15H22ClN3. The van der Waals surface area contributed by atoms with E-state index >= 15 is 0 Å². The SMILES string of the molecule is CCCCC1(CC)CN=C(N)N1c1ccc(Cl)cc1. The van der Waals surface area contributed by atoms with Crippen molar-refractivity contribution in [3.63, 3.8) is 0 Å². The summed E-state index contributed by atoms with van der Waals surface area (Å²) < 4.78 is 0. The van der Waals surface area contributed by atoms with Gasteiger partial charge < -0.3 is 10.6 Å². The van der Waals surface area contributed by atoms with E-state index in [1.54, 1.807) is 0 Å². The Kier molecular flexibility index (Phi) is 4.35. The Morgan fingerprint density at radius 1 is 1.32 bits per heavy atom. The summed E-state index contributed by atoms with van der Waals surface area (Å²) in [7, 11) is 0. The van der Waals surface area contributed by atoms with Crippen LogP contribution in [-0.2, 0) is 0 Å². The molecule has 2 N–H and O–H groups in total. The Bertz CT molecular complexity index is 455. The van der Waals surface area contributed by atoms with Gasteiger partial charge in [-0.25, -0.2) is 0 Å². The van der Waals surface area contributed by atoms with Gasteiger partial charge in [0.2, 0.25) is 0 Å². The minimum Gasteiger partial charge on any atom is -0.369 e. The molecule has 104 valence electrons. The lowest BCUT2D eigenvalue weighted by atomic mass is 9.88. The number of aliphatic imine (C=N–C) groups is 1. The molecule has 19 heavy (non-hydrogen) atoms. The van der Waals surface area contributed by atoms with Gasteiger partial charge >= 0.3 is 0 Å². The summed E-state index contributed by atoms with van der Waals surface area (Å²) in [5, 5.41) is 0.745. The lowest BCUT2D eigenvalue weighted by molar-refractivity contribution is 0.394. The van der Waals surface area contributed by atoms with Gasteiger partial charge in [0.1, 0.15) is 0 Å². The predicted molar refractivity (Wildman–Crippen MR) is 83.0 cm³/mol. The zero-order valence-electron chi connectivity index (χ0n) is 11.7. The summed E-state index contributed by atoms with van der Waals surface area (Å²) in [6, 6.07) is 7.85. The Morgan fingerprint density at radius 2 is 2.00 bits per heavy atom. The fourth-order valence-electron chi connectivity index (χ4n) is 2.75. The number of unbranched alkanes of at least 4 members (excludes halogenated alkanes) is 1. The first-order valence-corrected chi connectivity index (χ1v) is 7.36. The average molecular weight is 280 g/mol. The van der Waals surface area contributed by atoms with Crippen molar-refractivity contribution in [2.45, 2.75) is 45.1 Å². The molecule has 1 heterocycles. The number of guanidine groups is 1. The molecular weight excluding hydrogens is 258 g/mol. The van der Waals surface area contributed by atoms with Crippen molar-refractivity contribution in [1.82, 2.24) is 0 Å². The van der Waals surface area contributed by atoms with Gasteiger partial charge in [0.15, 0.2) is 5.96 Å². The highest BCUT2D eigenvalue weighted by molar-refractivity contribution is 6.30. The van der Waals surface area contributed by atoms with Gasteiger partial charge in [-0.2, -0.15) is 0 Å². The number of hydrogen-bond donors (Lipinski definition) is 1. The van der Waals surface area contributed by atoms with Crippen LogP contribution in [0.5, 0.6) is 0 Å². The number of anilines is 1. The number of halogens is 1. The molecule has 2 rings (SSSR count). The molecule has 0 saturated heterocycles. The van der Waals surface area contributed by atoms with Crippen molar-refractivity contribution in [2.75, 3.05) is 11.4 Å². The van der Waals surface area contributed by atoms with Gasteiger partial charge in [-0.1, -0.05) is 38.3 Å². The summed E-state index contributed by atoms with van der Waals surface area (Å²) in [6.45, 7) is 5.22. The topological polar surface area (TPSA) is 41.6 Å². The van der Waals surface area contributed by atoms with E-state index in [4.69, 9.17) is 17.3 Å². The van der Waals surface area contributed by atoms with E-state index in [1.165, 1.54) is 12.8 Å². The minimum absolute atomic E-state index is 0.0356. The zero-order chi connectivity index (χ0) is 13.9. The molecule has 3 nitrogen and oxygen atoms in total. The molecule has 1 aliphatic heterocycles. The van der Waals surface area contributed by atoms with Crippen LogP contribution in [0, 0.1) is 0 Å². The first-order valence-electron chi connectivity index (χ1n) is 6.98. The molecule has 1 aromatic carbocycles. The van der Waals surface area contributed by atoms with Crippen molar-refractivity contribution >= 4 is 23.2 Å². The van der Waals surface area contributed by atoms with Crippen LogP contribution in [0.25, 0.3) is 0 Å². The second-order valence-corrected chi connectivity index (χ2v) is 5.60. The quantitative estimate of drug-likeness (QED) is 0.890. The van der Waals surface area contributed by atoms with Gasteiger partial charge in [0.05, 0.1) is 12.1 Å². The molecule has 0 amide bonds. The maximum atomic E-state index is 6.11. The fraction of sp³-hybridized carbons (Fsp3) is 0.533. The number of nitrogens with zero attached hydrogens (tertiary/aromatic N) is 2. The van der Waals surface area contributed by atoms with Crippen molar-refractivity contribution < 1.29 is 0 Å². The Morgan fingerprint density at radius 3 is 2.58 bits per heavy atom. The average Bonchev–Trinajstić information content (AvgIpc) is 2.75. The number of nitrogens with two attached hydrogens (primary N) is 1. The molecule has 4 heteroatoms. The fourth-order valence-corrected chi connectivity index (χ4v) is 2.88. The lowest BCUT2D eigenvalue weighted by Crippen LogP contribution is -2.51. The van der Waals surface area contributed by atoms with Gasteiger partial charge in [0.25, 0.3) is 0 Å². The molecule has 0 spiro atoms. The molecule has 1 aliphatic rings. The number of benzene rings is 1. The van der Waals surface area contributed by atoms with Crippen LogP contribution in [0.2, 0.25) is 5.02 Å². The van der Waals surface area contributed by atoms with E-state index < -0.39 is 0 Å². The van der Waals surface area contributed by atoms with Crippen LogP contribution in [0.1, 0.15) is 39.5 Å². The Balaban J connectivity index is 2.32. The molecule has 0 radical (unpaired) electrons. The Hall–Kier alpha value is -1.22. The van der Waals surface area contributed by atoms with E-state index in [0.29, 0.717) is 5.96 Å². The largest absolute Gasteiger partial charge is 0.369 e. The summed E-state index contributed by atoms with van der Waals surface area (Å²) in [4.78, 5) is 6.67. The van der Waals surface area contributed by atoms with Gasteiger partial charge in [0, 0.05) is 10.7 Å². The first kappa shape index (κ1) is 14.2. The highest BCUT2D eigenvalue weighted by Crippen LogP contribution is 2.35. The summed E-state index contributed by atoms with van der Waals surface area (Å²) >= 11 is 5.96. The monoisotopic (exact) mass is 279 g/mol. The number of hydrogen-bond acceptors (Lipinski definition) is 3. The van der Waals surface area contributed by atoms with Crippen LogP contribution in [0.15, 0.2) is 29.3 Å². The van der Waals surface area contributed by atoms with Crippen LogP contribution < -0.4 is 10.6 Å². The zero-order valence-corrected chi connectivity index (χ0v) is 12.5. The van der Waals surface area contributed by atoms with Gasteiger partial charge in [-0.15, -0.1) is 0 Å². The van der Waals surface area contributed by atoms with Crippen LogP contribution in [-0.4, -0.2) is 18.0 Å². The summed E-state index contributed by atoms with van der Waals surface area (Å²) in [6.07, 6.45) is 4.55. The van der Waals surface area contributed by atoms with Gasteiger partial charge in [-0.05, 0) is 37.1 Å². The second kappa shape index (κ2) is 5.83. The van der Waals surface area contributed by atoms with Crippen molar-refractivity contribution in [3.05, 3.63) is 29.3 Å².